The van der Waals surface area contributed by atoms with Gasteiger partial charge in [-0.15, -0.1) is 0 Å². The van der Waals surface area contributed by atoms with Crippen LogP contribution in [0.15, 0.2) is 211 Å². The Hall–Kier alpha value is -8.00. The first-order chi connectivity index (χ1) is 30.2. The van der Waals surface area contributed by atoms with Crippen LogP contribution in [0.5, 0.6) is 0 Å². The lowest BCUT2D eigenvalue weighted by molar-refractivity contribution is 0.670. The zero-order valence-electron chi connectivity index (χ0n) is 33.0. The molecule has 0 bridgehead atoms. The van der Waals surface area contributed by atoms with E-state index in [4.69, 9.17) is 4.42 Å². The summed E-state index contributed by atoms with van der Waals surface area (Å²) in [5.74, 6) is 0. The Morgan fingerprint density at radius 2 is 0.623 bits per heavy atom. The minimum Gasteiger partial charge on any atom is -0.455 e. The van der Waals surface area contributed by atoms with Crippen LogP contribution in [0, 0.1) is 0 Å². The average molecular weight is 771 g/mol. The topological polar surface area (TPSA) is 13.1 Å². The van der Waals surface area contributed by atoms with Crippen LogP contribution in [0.3, 0.4) is 0 Å². The van der Waals surface area contributed by atoms with E-state index >= 15 is 0 Å². The van der Waals surface area contributed by atoms with Gasteiger partial charge in [0.2, 0.25) is 0 Å². The van der Waals surface area contributed by atoms with Crippen LogP contribution < -0.4 is 0 Å². The van der Waals surface area contributed by atoms with Gasteiger partial charge < -0.3 is 4.42 Å². The molecular formula is C60H34O. The van der Waals surface area contributed by atoms with Crippen molar-refractivity contribution in [3.8, 4) is 44.5 Å². The molecule has 61 heavy (non-hydrogen) atoms. The van der Waals surface area contributed by atoms with Crippen LogP contribution in [0.1, 0.15) is 0 Å². The summed E-state index contributed by atoms with van der Waals surface area (Å²) in [5, 5.41) is 20.2. The van der Waals surface area contributed by atoms with Crippen molar-refractivity contribution in [2.75, 3.05) is 0 Å². The Bertz CT molecular complexity index is 4080. The van der Waals surface area contributed by atoms with Crippen molar-refractivity contribution >= 4 is 97.3 Å². The maximum Gasteiger partial charge on any atom is 0.143 e. The highest BCUT2D eigenvalue weighted by atomic mass is 16.3. The van der Waals surface area contributed by atoms with Gasteiger partial charge in [0.05, 0.1) is 0 Å². The van der Waals surface area contributed by atoms with Gasteiger partial charge in [-0.25, -0.2) is 0 Å². The van der Waals surface area contributed by atoms with Crippen LogP contribution in [0.4, 0.5) is 0 Å². The number of hydrogen-bond acceptors (Lipinski definition) is 1. The molecule has 1 heteroatoms. The fourth-order valence-corrected chi connectivity index (χ4v) is 10.7. The molecule has 14 aromatic rings. The Balaban J connectivity index is 0.971. The molecule has 0 unspecified atom stereocenters. The summed E-state index contributed by atoms with van der Waals surface area (Å²) >= 11 is 0. The molecule has 0 atom stereocenters. The summed E-state index contributed by atoms with van der Waals surface area (Å²) < 4.78 is 7.04. The summed E-state index contributed by atoms with van der Waals surface area (Å²) in [6, 6.07) is 76.4. The van der Waals surface area contributed by atoms with Crippen molar-refractivity contribution in [1.29, 1.82) is 0 Å². The summed E-state index contributed by atoms with van der Waals surface area (Å²) in [6.45, 7) is 0. The predicted molar refractivity (Wildman–Crippen MR) is 260 cm³/mol. The highest BCUT2D eigenvalue weighted by Crippen LogP contribution is 2.46. The molecular weight excluding hydrogens is 737 g/mol. The number of furan rings is 1. The molecule has 1 nitrogen and oxygen atoms in total. The fourth-order valence-electron chi connectivity index (χ4n) is 10.7. The maximum atomic E-state index is 7.04. The van der Waals surface area contributed by atoms with Gasteiger partial charge >= 0.3 is 0 Å². The molecule has 280 valence electrons. The Labute approximate surface area is 351 Å². The van der Waals surface area contributed by atoms with E-state index in [1.807, 2.05) is 0 Å². The number of fused-ring (bicyclic) bond motifs is 4. The second-order valence-corrected chi connectivity index (χ2v) is 16.8. The van der Waals surface area contributed by atoms with E-state index in [1.165, 1.54) is 97.7 Å². The molecule has 1 heterocycles. The largest absolute Gasteiger partial charge is 0.455 e. The number of hydrogen-bond donors (Lipinski definition) is 0. The van der Waals surface area contributed by atoms with Crippen molar-refractivity contribution < 1.29 is 4.42 Å². The van der Waals surface area contributed by atoms with Crippen molar-refractivity contribution in [2.24, 2.45) is 0 Å². The quantitative estimate of drug-likeness (QED) is 0.162. The van der Waals surface area contributed by atoms with Gasteiger partial charge in [-0.05, 0) is 145 Å². The fraction of sp³-hybridized carbons (Fsp3) is 0. The van der Waals surface area contributed by atoms with E-state index in [0.29, 0.717) is 0 Å². The summed E-state index contributed by atoms with van der Waals surface area (Å²) in [6.07, 6.45) is 0. The van der Waals surface area contributed by atoms with E-state index in [-0.39, 0.29) is 0 Å². The first-order valence-electron chi connectivity index (χ1n) is 21.1. The first kappa shape index (κ1) is 32.9. The van der Waals surface area contributed by atoms with Crippen LogP contribution in [-0.4, -0.2) is 0 Å². The SMILES string of the molecule is c1cc(-c2ccc3ccc4cccc5ccc2c3c45)cc(-c2ccc(-c3cccc(-c4ccc5ccc6cccc7ccc4c5c67)c3)c3c2oc2cc4ccccc4cc23)c1. The van der Waals surface area contributed by atoms with Gasteiger partial charge in [-0.3, -0.25) is 0 Å². The van der Waals surface area contributed by atoms with Crippen molar-refractivity contribution in [2.45, 2.75) is 0 Å². The van der Waals surface area contributed by atoms with Gasteiger partial charge in [0.15, 0.2) is 0 Å². The van der Waals surface area contributed by atoms with Gasteiger partial charge in [-0.2, -0.15) is 0 Å². The van der Waals surface area contributed by atoms with Crippen molar-refractivity contribution in [3.63, 3.8) is 0 Å². The Morgan fingerprint density at radius 3 is 1.18 bits per heavy atom. The van der Waals surface area contributed by atoms with Crippen molar-refractivity contribution in [3.05, 3.63) is 206 Å². The van der Waals surface area contributed by atoms with Crippen LogP contribution in [0.25, 0.3) is 142 Å². The van der Waals surface area contributed by atoms with E-state index in [1.54, 1.807) is 0 Å². The molecule has 0 radical (unpaired) electrons. The van der Waals surface area contributed by atoms with E-state index in [9.17, 15) is 0 Å². The molecule has 0 saturated carbocycles. The lowest BCUT2D eigenvalue weighted by atomic mass is 9.88. The molecule has 0 spiro atoms. The second kappa shape index (κ2) is 12.3. The molecule has 0 saturated heterocycles. The molecule has 0 fully saturated rings. The van der Waals surface area contributed by atoms with E-state index < -0.39 is 0 Å². The maximum absolute atomic E-state index is 7.04. The van der Waals surface area contributed by atoms with Gasteiger partial charge in [0.1, 0.15) is 11.2 Å². The smallest absolute Gasteiger partial charge is 0.143 e. The lowest BCUT2D eigenvalue weighted by Crippen LogP contribution is -1.89. The summed E-state index contributed by atoms with van der Waals surface area (Å²) in [5.41, 5.74) is 11.2. The second-order valence-electron chi connectivity index (χ2n) is 16.8. The zero-order chi connectivity index (χ0) is 39.8. The predicted octanol–water partition coefficient (Wildman–Crippen LogP) is 17.2. The van der Waals surface area contributed by atoms with Crippen LogP contribution in [-0.2, 0) is 0 Å². The third kappa shape index (κ3) is 4.72. The van der Waals surface area contributed by atoms with Crippen molar-refractivity contribution in [1.82, 2.24) is 0 Å². The molecule has 13 aromatic carbocycles. The van der Waals surface area contributed by atoms with Gasteiger partial charge in [0.25, 0.3) is 0 Å². The monoisotopic (exact) mass is 770 g/mol. The zero-order valence-corrected chi connectivity index (χ0v) is 33.0. The Morgan fingerprint density at radius 1 is 0.230 bits per heavy atom. The normalized spacial score (nSPS) is 12.3. The first-order valence-corrected chi connectivity index (χ1v) is 21.1. The number of benzene rings is 13. The lowest BCUT2D eigenvalue weighted by Gasteiger charge is -2.15. The molecule has 0 aliphatic heterocycles. The van der Waals surface area contributed by atoms with E-state index in [2.05, 4.69) is 206 Å². The molecule has 0 N–H and O–H groups in total. The van der Waals surface area contributed by atoms with Gasteiger partial charge in [-0.1, -0.05) is 176 Å². The Kier molecular flexibility index (Phi) is 6.62. The van der Waals surface area contributed by atoms with Crippen LogP contribution >= 0.6 is 0 Å². The standard InChI is InChI=1S/C60H34O/c1-2-8-42-34-54-53(33-41(42)7-1)59-49(45-15-5-13-43(31-45)47-25-21-39-19-17-35-9-3-11-37-23-27-51(47)57(39)55(35)37)29-30-50(60(59)61-54)46-16-6-14-44(32-46)48-26-22-40-20-18-36-10-4-12-38-24-28-52(48)58(40)56(36)38/h1-34H. The minimum atomic E-state index is 0.897. The molecule has 0 aliphatic carbocycles. The summed E-state index contributed by atoms with van der Waals surface area (Å²) in [4.78, 5) is 0. The third-order valence-electron chi connectivity index (χ3n) is 13.5. The van der Waals surface area contributed by atoms with Gasteiger partial charge in [0, 0.05) is 16.3 Å². The number of rotatable bonds is 4. The highest BCUT2D eigenvalue weighted by Gasteiger charge is 2.20. The molecule has 1 aromatic heterocycles. The molecule has 14 rings (SSSR count). The summed E-state index contributed by atoms with van der Waals surface area (Å²) in [7, 11) is 0. The molecule has 0 amide bonds. The van der Waals surface area contributed by atoms with E-state index in [0.717, 1.165) is 44.2 Å². The van der Waals surface area contributed by atoms with Crippen LogP contribution in [0.2, 0.25) is 0 Å². The minimum absolute atomic E-state index is 0.897. The average Bonchev–Trinajstić information content (AvgIpc) is 3.69. The highest BCUT2D eigenvalue weighted by molar-refractivity contribution is 6.27. The third-order valence-corrected chi connectivity index (χ3v) is 13.5. The molecule has 0 aliphatic rings.